The van der Waals surface area contributed by atoms with Crippen LogP contribution in [-0.4, -0.2) is 32.0 Å². The van der Waals surface area contributed by atoms with Crippen LogP contribution in [0, 0.1) is 17.5 Å². The molecule has 138 valence electrons. The minimum atomic E-state index is -1.63. The lowest BCUT2D eigenvalue weighted by Crippen LogP contribution is -2.42. The van der Waals surface area contributed by atoms with Crippen molar-refractivity contribution in [3.8, 4) is 0 Å². The van der Waals surface area contributed by atoms with Gasteiger partial charge in [-0.3, -0.25) is 9.79 Å². The Morgan fingerprint density at radius 3 is 2.42 bits per heavy atom. The van der Waals surface area contributed by atoms with Crippen LogP contribution in [0.1, 0.15) is 5.56 Å². The molecule has 0 spiro atoms. The van der Waals surface area contributed by atoms with Crippen molar-refractivity contribution in [3.63, 3.8) is 0 Å². The minimum absolute atomic E-state index is 0.219. The summed E-state index contributed by atoms with van der Waals surface area (Å²) in [4.78, 5) is 15.8. The van der Waals surface area contributed by atoms with Crippen LogP contribution in [0.25, 0.3) is 0 Å². The molecule has 26 heavy (non-hydrogen) atoms. The number of anilines is 1. The van der Waals surface area contributed by atoms with E-state index in [0.717, 1.165) is 24.1 Å². The Morgan fingerprint density at radius 2 is 1.73 bits per heavy atom. The molecule has 0 unspecified atom stereocenters. The summed E-state index contributed by atoms with van der Waals surface area (Å²) in [6.45, 7) is 0.382. The molecule has 0 aliphatic heterocycles. The molecule has 0 aliphatic carbocycles. The first kappa shape index (κ1) is 19.3. The summed E-state index contributed by atoms with van der Waals surface area (Å²) < 4.78 is 39.5. The maximum absolute atomic E-state index is 13.5. The largest absolute Gasteiger partial charge is 0.356 e. The quantitative estimate of drug-likeness (QED) is 0.419. The van der Waals surface area contributed by atoms with Gasteiger partial charge in [0.25, 0.3) is 0 Å². The number of amides is 1. The highest BCUT2D eigenvalue weighted by molar-refractivity contribution is 5.95. The van der Waals surface area contributed by atoms with E-state index in [1.807, 2.05) is 30.3 Å². The molecule has 2 aromatic carbocycles. The first-order valence-corrected chi connectivity index (χ1v) is 7.93. The third kappa shape index (κ3) is 5.51. The second-order valence-corrected chi connectivity index (χ2v) is 5.36. The van der Waals surface area contributed by atoms with Crippen molar-refractivity contribution in [2.45, 2.75) is 6.42 Å². The molecule has 0 bridgehead atoms. The number of rotatable bonds is 6. The van der Waals surface area contributed by atoms with E-state index in [1.54, 1.807) is 7.05 Å². The molecule has 0 aliphatic rings. The van der Waals surface area contributed by atoms with Crippen LogP contribution in [0.2, 0.25) is 0 Å². The summed E-state index contributed by atoms with van der Waals surface area (Å²) in [5.74, 6) is -4.62. The zero-order valence-corrected chi connectivity index (χ0v) is 14.2. The normalized spacial score (nSPS) is 11.2. The van der Waals surface area contributed by atoms with E-state index in [4.69, 9.17) is 0 Å². The van der Waals surface area contributed by atoms with Crippen molar-refractivity contribution in [2.24, 2.45) is 4.99 Å². The molecule has 0 aromatic heterocycles. The van der Waals surface area contributed by atoms with Crippen LogP contribution in [0.15, 0.2) is 47.5 Å². The van der Waals surface area contributed by atoms with E-state index in [1.165, 1.54) is 0 Å². The number of hydrogen-bond acceptors (Lipinski definition) is 2. The molecule has 1 amide bonds. The molecule has 2 aromatic rings. The van der Waals surface area contributed by atoms with Gasteiger partial charge in [0.2, 0.25) is 5.91 Å². The average Bonchev–Trinajstić information content (AvgIpc) is 2.66. The number of nitrogens with zero attached hydrogens (tertiary/aromatic N) is 1. The number of hydrogen-bond donors (Lipinski definition) is 3. The molecule has 0 saturated heterocycles. The zero-order chi connectivity index (χ0) is 18.9. The summed E-state index contributed by atoms with van der Waals surface area (Å²) in [5.41, 5.74) is 0.727. The molecule has 0 heterocycles. The van der Waals surface area contributed by atoms with Crippen LogP contribution in [0.4, 0.5) is 18.9 Å². The summed E-state index contributed by atoms with van der Waals surface area (Å²) >= 11 is 0. The number of aliphatic imine (C=N–C) groups is 1. The Bertz CT molecular complexity index is 782. The fourth-order valence-corrected chi connectivity index (χ4v) is 2.17. The maximum Gasteiger partial charge on any atom is 0.243 e. The Labute approximate surface area is 149 Å². The lowest BCUT2D eigenvalue weighted by Gasteiger charge is -2.12. The predicted octanol–water partition coefficient (Wildman–Crippen LogP) is 2.45. The van der Waals surface area contributed by atoms with E-state index in [0.29, 0.717) is 12.5 Å². The average molecular weight is 364 g/mol. The third-order valence-corrected chi connectivity index (χ3v) is 3.50. The van der Waals surface area contributed by atoms with Gasteiger partial charge >= 0.3 is 0 Å². The topological polar surface area (TPSA) is 65.5 Å². The van der Waals surface area contributed by atoms with Crippen molar-refractivity contribution < 1.29 is 18.0 Å². The van der Waals surface area contributed by atoms with Gasteiger partial charge in [0, 0.05) is 13.6 Å². The SMILES string of the molecule is CN=C(NCCc1ccccc1)NCC(=O)Nc1ccc(F)c(F)c1F. The summed E-state index contributed by atoms with van der Waals surface area (Å²) in [6, 6.07) is 11.5. The highest BCUT2D eigenvalue weighted by Crippen LogP contribution is 2.19. The second kappa shape index (κ2) is 9.45. The molecule has 0 fully saturated rings. The highest BCUT2D eigenvalue weighted by atomic mass is 19.2. The molecule has 2 rings (SSSR count). The molecule has 8 heteroatoms. The summed E-state index contributed by atoms with van der Waals surface area (Å²) in [7, 11) is 1.55. The van der Waals surface area contributed by atoms with Crippen LogP contribution in [0.3, 0.4) is 0 Å². The number of halogens is 3. The zero-order valence-electron chi connectivity index (χ0n) is 14.2. The number of benzene rings is 2. The number of nitrogens with one attached hydrogen (secondary N) is 3. The van der Waals surface area contributed by atoms with E-state index in [-0.39, 0.29) is 6.54 Å². The minimum Gasteiger partial charge on any atom is -0.356 e. The van der Waals surface area contributed by atoms with Gasteiger partial charge in [-0.2, -0.15) is 0 Å². The predicted molar refractivity (Wildman–Crippen MR) is 94.5 cm³/mol. The van der Waals surface area contributed by atoms with E-state index >= 15 is 0 Å². The Hall–Kier alpha value is -3.03. The molecule has 5 nitrogen and oxygen atoms in total. The lowest BCUT2D eigenvalue weighted by atomic mass is 10.1. The number of carbonyl (C=O) groups is 1. The van der Waals surface area contributed by atoms with Gasteiger partial charge in [0.15, 0.2) is 23.4 Å². The third-order valence-electron chi connectivity index (χ3n) is 3.50. The van der Waals surface area contributed by atoms with Gasteiger partial charge in [-0.05, 0) is 24.1 Å². The van der Waals surface area contributed by atoms with Crippen molar-refractivity contribution in [2.75, 3.05) is 25.5 Å². The molecular formula is C18H19F3N4O. The van der Waals surface area contributed by atoms with Crippen LogP contribution in [0.5, 0.6) is 0 Å². The fourth-order valence-electron chi connectivity index (χ4n) is 2.17. The maximum atomic E-state index is 13.5. The van der Waals surface area contributed by atoms with Gasteiger partial charge in [0.05, 0.1) is 12.2 Å². The van der Waals surface area contributed by atoms with Gasteiger partial charge < -0.3 is 16.0 Å². The lowest BCUT2D eigenvalue weighted by molar-refractivity contribution is -0.115. The van der Waals surface area contributed by atoms with Crippen molar-refractivity contribution in [1.29, 1.82) is 0 Å². The Morgan fingerprint density at radius 1 is 1.00 bits per heavy atom. The molecular weight excluding hydrogens is 345 g/mol. The second-order valence-electron chi connectivity index (χ2n) is 5.36. The highest BCUT2D eigenvalue weighted by Gasteiger charge is 2.15. The Balaban J connectivity index is 1.79. The number of guanidine groups is 1. The fraction of sp³-hybridized carbons (Fsp3) is 0.222. The van der Waals surface area contributed by atoms with E-state index in [2.05, 4.69) is 20.9 Å². The monoisotopic (exact) mass is 364 g/mol. The molecule has 0 saturated carbocycles. The van der Waals surface area contributed by atoms with Crippen molar-refractivity contribution >= 4 is 17.6 Å². The molecule has 0 radical (unpaired) electrons. The van der Waals surface area contributed by atoms with Crippen molar-refractivity contribution in [1.82, 2.24) is 10.6 Å². The smallest absolute Gasteiger partial charge is 0.243 e. The van der Waals surface area contributed by atoms with Gasteiger partial charge in [-0.25, -0.2) is 13.2 Å². The summed E-state index contributed by atoms with van der Waals surface area (Å²) in [5, 5.41) is 7.97. The van der Waals surface area contributed by atoms with Gasteiger partial charge in [0.1, 0.15) is 0 Å². The molecule has 3 N–H and O–H groups in total. The van der Waals surface area contributed by atoms with Crippen LogP contribution >= 0.6 is 0 Å². The number of carbonyl (C=O) groups excluding carboxylic acids is 1. The van der Waals surface area contributed by atoms with Gasteiger partial charge in [-0.15, -0.1) is 0 Å². The van der Waals surface area contributed by atoms with E-state index < -0.39 is 29.0 Å². The molecule has 0 atom stereocenters. The Kier molecular flexibility index (Phi) is 7.02. The standard InChI is InChI=1S/C18H19F3N4O/c1-22-18(23-10-9-12-5-3-2-4-6-12)24-11-15(26)25-14-8-7-13(19)16(20)17(14)21/h2-8H,9-11H2,1H3,(H,25,26)(H2,22,23,24). The summed E-state index contributed by atoms with van der Waals surface area (Å²) in [6.07, 6.45) is 0.772. The van der Waals surface area contributed by atoms with Crippen molar-refractivity contribution in [3.05, 3.63) is 65.5 Å². The van der Waals surface area contributed by atoms with Crippen LogP contribution in [-0.2, 0) is 11.2 Å². The first-order chi connectivity index (χ1) is 12.5. The van der Waals surface area contributed by atoms with Crippen LogP contribution < -0.4 is 16.0 Å². The van der Waals surface area contributed by atoms with Gasteiger partial charge in [-0.1, -0.05) is 30.3 Å². The first-order valence-electron chi connectivity index (χ1n) is 7.93. The van der Waals surface area contributed by atoms with E-state index in [9.17, 15) is 18.0 Å².